The Balaban J connectivity index is 2.60. The van der Waals surface area contributed by atoms with Crippen LogP contribution in [0, 0.1) is 5.82 Å². The van der Waals surface area contributed by atoms with Gasteiger partial charge in [0.2, 0.25) is 0 Å². The summed E-state index contributed by atoms with van der Waals surface area (Å²) in [4.78, 5) is 13.8. The van der Waals surface area contributed by atoms with Crippen LogP contribution in [-0.4, -0.2) is 32.8 Å². The Bertz CT molecular complexity index is 507. The summed E-state index contributed by atoms with van der Waals surface area (Å²) in [6.07, 6.45) is 0.784. The molecule has 1 aliphatic heterocycles. The van der Waals surface area contributed by atoms with Crippen molar-refractivity contribution < 1.29 is 18.7 Å². The quantitative estimate of drug-likeness (QED) is 0.784. The lowest BCUT2D eigenvalue weighted by molar-refractivity contribution is 0.0516. The third-order valence-electron chi connectivity index (χ3n) is 2.93. The molecular weight excluding hydrogens is 273 g/mol. The van der Waals surface area contributed by atoms with Crippen LogP contribution >= 0.6 is 11.6 Å². The fourth-order valence-corrected chi connectivity index (χ4v) is 2.21. The van der Waals surface area contributed by atoms with Gasteiger partial charge in [-0.05, 0) is 19.4 Å². The van der Waals surface area contributed by atoms with Crippen LogP contribution in [0.4, 0.5) is 10.1 Å². The first-order valence-corrected chi connectivity index (χ1v) is 6.47. The maximum atomic E-state index is 14.1. The standard InChI is InChI=1S/C13H15ClFNO3/c1-3-18-13(17)10-11(15)8(14)7-9-12(10)19-6-4-5-16(9)2/h7H,3-6H2,1-2H3. The van der Waals surface area contributed by atoms with E-state index >= 15 is 0 Å². The zero-order valence-electron chi connectivity index (χ0n) is 10.8. The van der Waals surface area contributed by atoms with Gasteiger partial charge < -0.3 is 14.4 Å². The summed E-state index contributed by atoms with van der Waals surface area (Å²) < 4.78 is 24.5. The number of carbonyl (C=O) groups is 1. The van der Waals surface area contributed by atoms with E-state index in [0.29, 0.717) is 12.3 Å². The van der Waals surface area contributed by atoms with E-state index in [0.717, 1.165) is 13.0 Å². The summed E-state index contributed by atoms with van der Waals surface area (Å²) in [5.74, 6) is -1.34. The highest BCUT2D eigenvalue weighted by molar-refractivity contribution is 6.31. The molecule has 4 nitrogen and oxygen atoms in total. The highest BCUT2D eigenvalue weighted by atomic mass is 35.5. The molecule has 0 unspecified atom stereocenters. The van der Waals surface area contributed by atoms with E-state index in [9.17, 15) is 9.18 Å². The van der Waals surface area contributed by atoms with E-state index in [1.807, 2.05) is 11.9 Å². The van der Waals surface area contributed by atoms with Crippen molar-refractivity contribution in [2.24, 2.45) is 0 Å². The fourth-order valence-electron chi connectivity index (χ4n) is 2.01. The number of hydrogen-bond donors (Lipinski definition) is 0. The first-order valence-electron chi connectivity index (χ1n) is 6.09. The molecular formula is C13H15ClFNO3. The number of carbonyl (C=O) groups excluding carboxylic acids is 1. The summed E-state index contributed by atoms with van der Waals surface area (Å²) in [6.45, 7) is 2.99. The SMILES string of the molecule is CCOC(=O)c1c(F)c(Cl)cc2c1OCCCN2C. The first-order chi connectivity index (χ1) is 9.06. The lowest BCUT2D eigenvalue weighted by atomic mass is 10.1. The van der Waals surface area contributed by atoms with E-state index in [4.69, 9.17) is 21.1 Å². The van der Waals surface area contributed by atoms with Crippen molar-refractivity contribution in [2.45, 2.75) is 13.3 Å². The summed E-state index contributed by atoms with van der Waals surface area (Å²) in [6, 6.07) is 1.47. The maximum Gasteiger partial charge on any atom is 0.345 e. The largest absolute Gasteiger partial charge is 0.490 e. The summed E-state index contributed by atoms with van der Waals surface area (Å²) in [5, 5.41) is -0.112. The topological polar surface area (TPSA) is 38.8 Å². The van der Waals surface area contributed by atoms with E-state index in [1.165, 1.54) is 6.07 Å². The predicted molar refractivity (Wildman–Crippen MR) is 70.7 cm³/mol. The number of ether oxygens (including phenoxy) is 2. The van der Waals surface area contributed by atoms with Crippen LogP contribution in [-0.2, 0) is 4.74 Å². The summed E-state index contributed by atoms with van der Waals surface area (Å²) in [7, 11) is 1.84. The molecule has 19 heavy (non-hydrogen) atoms. The van der Waals surface area contributed by atoms with Gasteiger partial charge in [0.1, 0.15) is 5.56 Å². The average molecular weight is 288 g/mol. The van der Waals surface area contributed by atoms with Crippen molar-refractivity contribution in [3.05, 3.63) is 22.5 Å². The van der Waals surface area contributed by atoms with Crippen molar-refractivity contribution >= 4 is 23.3 Å². The minimum Gasteiger partial charge on any atom is -0.490 e. The van der Waals surface area contributed by atoms with Crippen molar-refractivity contribution in [3.8, 4) is 5.75 Å². The molecule has 0 saturated carbocycles. The van der Waals surface area contributed by atoms with E-state index in [1.54, 1.807) is 6.92 Å². The maximum absolute atomic E-state index is 14.1. The molecule has 0 bridgehead atoms. The molecule has 0 aromatic heterocycles. The Labute approximate surface area is 116 Å². The molecule has 1 aliphatic rings. The van der Waals surface area contributed by atoms with Crippen LogP contribution in [0.15, 0.2) is 6.07 Å². The molecule has 0 radical (unpaired) electrons. The van der Waals surface area contributed by atoms with Crippen LogP contribution in [0.1, 0.15) is 23.7 Å². The van der Waals surface area contributed by atoms with Gasteiger partial charge in [-0.3, -0.25) is 0 Å². The molecule has 104 valence electrons. The number of fused-ring (bicyclic) bond motifs is 1. The number of anilines is 1. The van der Waals surface area contributed by atoms with E-state index in [2.05, 4.69) is 0 Å². The predicted octanol–water partition coefficient (Wildman–Crippen LogP) is 2.87. The van der Waals surface area contributed by atoms with Crippen LogP contribution in [0.25, 0.3) is 0 Å². The molecule has 0 saturated heterocycles. The van der Waals surface area contributed by atoms with Gasteiger partial charge in [0.25, 0.3) is 0 Å². The Morgan fingerprint density at radius 3 is 3.05 bits per heavy atom. The van der Waals surface area contributed by atoms with Gasteiger partial charge in [-0.15, -0.1) is 0 Å². The van der Waals surface area contributed by atoms with Crippen molar-refractivity contribution in [1.29, 1.82) is 0 Å². The lowest BCUT2D eigenvalue weighted by Gasteiger charge is -2.20. The van der Waals surface area contributed by atoms with Gasteiger partial charge in [-0.2, -0.15) is 0 Å². The normalized spacial score (nSPS) is 14.4. The van der Waals surface area contributed by atoms with Crippen molar-refractivity contribution in [3.63, 3.8) is 0 Å². The molecule has 1 aromatic rings. The van der Waals surface area contributed by atoms with E-state index < -0.39 is 11.8 Å². The van der Waals surface area contributed by atoms with Crippen LogP contribution in [0.2, 0.25) is 5.02 Å². The second kappa shape index (κ2) is 5.65. The molecule has 0 amide bonds. The minimum atomic E-state index is -0.797. The van der Waals surface area contributed by atoms with Gasteiger partial charge in [0.05, 0.1) is 23.9 Å². The second-order valence-corrected chi connectivity index (χ2v) is 4.65. The number of benzene rings is 1. The van der Waals surface area contributed by atoms with Crippen LogP contribution in [0.5, 0.6) is 5.75 Å². The summed E-state index contributed by atoms with van der Waals surface area (Å²) in [5.41, 5.74) is 0.380. The molecule has 0 spiro atoms. The zero-order chi connectivity index (χ0) is 14.0. The van der Waals surface area contributed by atoms with Crippen molar-refractivity contribution in [2.75, 3.05) is 31.7 Å². The van der Waals surface area contributed by atoms with Gasteiger partial charge in [0.15, 0.2) is 11.6 Å². The summed E-state index contributed by atoms with van der Waals surface area (Å²) >= 11 is 5.85. The molecule has 1 aromatic carbocycles. The van der Waals surface area contributed by atoms with Gasteiger partial charge >= 0.3 is 5.97 Å². The number of nitrogens with zero attached hydrogens (tertiary/aromatic N) is 1. The molecule has 6 heteroatoms. The Morgan fingerprint density at radius 1 is 1.63 bits per heavy atom. The molecule has 1 heterocycles. The third-order valence-corrected chi connectivity index (χ3v) is 3.20. The Hall–Kier alpha value is -1.49. The molecule has 0 atom stereocenters. The molecule has 0 fully saturated rings. The average Bonchev–Trinajstić information content (AvgIpc) is 2.54. The molecule has 0 aliphatic carbocycles. The highest BCUT2D eigenvalue weighted by Crippen LogP contribution is 2.39. The fraction of sp³-hybridized carbons (Fsp3) is 0.462. The smallest absolute Gasteiger partial charge is 0.345 e. The first kappa shape index (κ1) is 13.9. The number of hydrogen-bond acceptors (Lipinski definition) is 4. The third kappa shape index (κ3) is 2.61. The van der Waals surface area contributed by atoms with Crippen LogP contribution in [0.3, 0.4) is 0 Å². The van der Waals surface area contributed by atoms with Gasteiger partial charge in [-0.25, -0.2) is 9.18 Å². The monoisotopic (exact) mass is 287 g/mol. The zero-order valence-corrected chi connectivity index (χ0v) is 11.6. The van der Waals surface area contributed by atoms with E-state index in [-0.39, 0.29) is 22.9 Å². The lowest BCUT2D eigenvalue weighted by Crippen LogP contribution is -2.18. The number of halogens is 2. The number of rotatable bonds is 2. The van der Waals surface area contributed by atoms with Crippen molar-refractivity contribution in [1.82, 2.24) is 0 Å². The highest BCUT2D eigenvalue weighted by Gasteiger charge is 2.28. The molecule has 2 rings (SSSR count). The number of esters is 1. The van der Waals surface area contributed by atoms with Crippen LogP contribution < -0.4 is 9.64 Å². The van der Waals surface area contributed by atoms with Gasteiger partial charge in [-0.1, -0.05) is 11.6 Å². The minimum absolute atomic E-state index is 0.112. The molecule has 0 N–H and O–H groups in total. The second-order valence-electron chi connectivity index (χ2n) is 4.24. The Morgan fingerprint density at radius 2 is 2.37 bits per heavy atom. The van der Waals surface area contributed by atoms with Gasteiger partial charge in [0, 0.05) is 13.6 Å². The Kier molecular flexibility index (Phi) is 4.14.